The Bertz CT molecular complexity index is 1080. The van der Waals surface area contributed by atoms with Gasteiger partial charge in [0.2, 0.25) is 0 Å². The van der Waals surface area contributed by atoms with E-state index in [2.05, 4.69) is 5.32 Å². The fraction of sp³-hybridized carbons (Fsp3) is 0.130. The summed E-state index contributed by atoms with van der Waals surface area (Å²) in [5.74, 6) is -0.626. The highest BCUT2D eigenvalue weighted by atomic mass is 35.5. The number of phenols is 2. The van der Waals surface area contributed by atoms with Crippen LogP contribution in [-0.4, -0.2) is 27.5 Å². The highest BCUT2D eigenvalue weighted by molar-refractivity contribution is 6.30. The topological polar surface area (TPSA) is 95.9 Å². The Kier molecular flexibility index (Phi) is 5.99. The molecule has 3 N–H and O–H groups in total. The van der Waals surface area contributed by atoms with Crippen molar-refractivity contribution in [3.8, 4) is 17.2 Å². The number of halogens is 1. The Morgan fingerprint density at radius 3 is 2.03 bits per heavy atom. The molecule has 0 saturated carbocycles. The van der Waals surface area contributed by atoms with E-state index >= 15 is 0 Å². The van der Waals surface area contributed by atoms with Crippen molar-refractivity contribution in [2.24, 2.45) is 0 Å². The molecule has 0 aliphatic heterocycles. The van der Waals surface area contributed by atoms with Gasteiger partial charge >= 0.3 is 0 Å². The van der Waals surface area contributed by atoms with Crippen molar-refractivity contribution < 1.29 is 24.5 Å². The van der Waals surface area contributed by atoms with Crippen molar-refractivity contribution in [1.82, 2.24) is 0 Å². The first kappa shape index (κ1) is 21.2. The van der Waals surface area contributed by atoms with Crippen LogP contribution in [0.25, 0.3) is 0 Å². The molecule has 1 amide bonds. The summed E-state index contributed by atoms with van der Waals surface area (Å²) in [5, 5.41) is 22.3. The second-order valence-corrected chi connectivity index (χ2v) is 7.56. The first-order valence-electron chi connectivity index (χ1n) is 9.08. The van der Waals surface area contributed by atoms with E-state index in [9.17, 15) is 19.8 Å². The van der Waals surface area contributed by atoms with Crippen LogP contribution in [0.3, 0.4) is 0 Å². The van der Waals surface area contributed by atoms with Crippen molar-refractivity contribution in [2.75, 3.05) is 5.32 Å². The lowest BCUT2D eigenvalue weighted by molar-refractivity contribution is -0.128. The van der Waals surface area contributed by atoms with Crippen molar-refractivity contribution >= 4 is 29.0 Å². The van der Waals surface area contributed by atoms with Gasteiger partial charge in [0.15, 0.2) is 11.4 Å². The minimum absolute atomic E-state index is 0.116. The van der Waals surface area contributed by atoms with E-state index < -0.39 is 11.5 Å². The fourth-order valence-corrected chi connectivity index (χ4v) is 2.81. The van der Waals surface area contributed by atoms with E-state index in [1.807, 2.05) is 0 Å². The highest BCUT2D eigenvalue weighted by Crippen LogP contribution is 2.29. The molecule has 0 aliphatic carbocycles. The Hall–Kier alpha value is -3.51. The number of rotatable bonds is 6. The smallest absolute Gasteiger partial charge is 0.268 e. The molecular weight excluding hydrogens is 406 g/mol. The molecule has 0 unspecified atom stereocenters. The van der Waals surface area contributed by atoms with Crippen LogP contribution in [0.15, 0.2) is 66.7 Å². The van der Waals surface area contributed by atoms with Gasteiger partial charge in [0, 0.05) is 22.2 Å². The number of carbonyl (C=O) groups is 2. The molecule has 0 saturated heterocycles. The SMILES string of the molecule is CC(C)(Oc1ccc(C(=O)c2ccc(Cl)cc2)cc1)C(=O)Nc1ccc(O)cc1O. The summed E-state index contributed by atoms with van der Waals surface area (Å²) in [4.78, 5) is 25.1. The third-order valence-electron chi connectivity index (χ3n) is 4.37. The lowest BCUT2D eigenvalue weighted by atomic mass is 10.0. The zero-order chi connectivity index (χ0) is 21.9. The van der Waals surface area contributed by atoms with Gasteiger partial charge in [-0.15, -0.1) is 0 Å². The Morgan fingerprint density at radius 2 is 1.47 bits per heavy atom. The van der Waals surface area contributed by atoms with E-state index in [0.717, 1.165) is 6.07 Å². The van der Waals surface area contributed by atoms with Crippen molar-refractivity contribution in [1.29, 1.82) is 0 Å². The zero-order valence-electron chi connectivity index (χ0n) is 16.3. The van der Waals surface area contributed by atoms with Crippen LogP contribution >= 0.6 is 11.6 Å². The molecule has 3 aromatic rings. The number of carbonyl (C=O) groups excluding carboxylic acids is 2. The summed E-state index contributed by atoms with van der Waals surface area (Å²) in [5.41, 5.74) is -0.132. The molecule has 7 heteroatoms. The second kappa shape index (κ2) is 8.47. The molecular formula is C23H20ClNO5. The number of amides is 1. The maximum Gasteiger partial charge on any atom is 0.268 e. The van der Waals surface area contributed by atoms with Gasteiger partial charge in [-0.05, 0) is 74.5 Å². The van der Waals surface area contributed by atoms with Crippen LogP contribution in [0.1, 0.15) is 29.8 Å². The second-order valence-electron chi connectivity index (χ2n) is 7.13. The molecule has 0 spiro atoms. The Labute approximate surface area is 178 Å². The van der Waals surface area contributed by atoms with E-state index in [1.165, 1.54) is 12.1 Å². The van der Waals surface area contributed by atoms with Crippen LogP contribution in [0.4, 0.5) is 5.69 Å². The predicted octanol–water partition coefficient (Wildman–Crippen LogP) is 4.78. The molecule has 0 fully saturated rings. The van der Waals surface area contributed by atoms with Gasteiger partial charge < -0.3 is 20.3 Å². The number of ketones is 1. The normalized spacial score (nSPS) is 11.0. The van der Waals surface area contributed by atoms with Gasteiger partial charge in [-0.3, -0.25) is 9.59 Å². The third-order valence-corrected chi connectivity index (χ3v) is 4.62. The molecule has 30 heavy (non-hydrogen) atoms. The molecule has 154 valence electrons. The number of aromatic hydroxyl groups is 2. The molecule has 3 rings (SSSR count). The van der Waals surface area contributed by atoms with Crippen LogP contribution in [0.2, 0.25) is 5.02 Å². The van der Waals surface area contributed by atoms with E-state index in [1.54, 1.807) is 62.4 Å². The number of hydrogen-bond donors (Lipinski definition) is 3. The van der Waals surface area contributed by atoms with Crippen molar-refractivity contribution in [2.45, 2.75) is 19.4 Å². The average molecular weight is 426 g/mol. The molecule has 6 nitrogen and oxygen atoms in total. The van der Waals surface area contributed by atoms with Crippen LogP contribution in [0, 0.1) is 0 Å². The number of ether oxygens (including phenoxy) is 1. The van der Waals surface area contributed by atoms with Gasteiger partial charge in [0.1, 0.15) is 17.2 Å². The highest BCUT2D eigenvalue weighted by Gasteiger charge is 2.30. The van der Waals surface area contributed by atoms with E-state index in [-0.39, 0.29) is 23.0 Å². The number of hydrogen-bond acceptors (Lipinski definition) is 5. The molecule has 0 radical (unpaired) electrons. The predicted molar refractivity (Wildman–Crippen MR) is 114 cm³/mol. The van der Waals surface area contributed by atoms with Gasteiger partial charge in [-0.2, -0.15) is 0 Å². The van der Waals surface area contributed by atoms with Gasteiger partial charge in [-0.1, -0.05) is 11.6 Å². The summed E-state index contributed by atoms with van der Waals surface area (Å²) < 4.78 is 5.78. The quantitative estimate of drug-likeness (QED) is 0.300. The number of anilines is 1. The van der Waals surface area contributed by atoms with Crippen LogP contribution < -0.4 is 10.1 Å². The first-order valence-corrected chi connectivity index (χ1v) is 9.46. The average Bonchev–Trinajstić information content (AvgIpc) is 2.70. The minimum atomic E-state index is -1.27. The number of phenolic OH excluding ortho intramolecular Hbond substituents is 2. The van der Waals surface area contributed by atoms with Gasteiger partial charge in [-0.25, -0.2) is 0 Å². The molecule has 0 atom stereocenters. The molecule has 0 bridgehead atoms. The summed E-state index contributed by atoms with van der Waals surface area (Å²) >= 11 is 5.85. The zero-order valence-corrected chi connectivity index (χ0v) is 17.1. The fourth-order valence-electron chi connectivity index (χ4n) is 2.68. The van der Waals surface area contributed by atoms with E-state index in [4.69, 9.17) is 16.3 Å². The van der Waals surface area contributed by atoms with Crippen molar-refractivity contribution in [3.63, 3.8) is 0 Å². The van der Waals surface area contributed by atoms with Crippen molar-refractivity contribution in [3.05, 3.63) is 82.9 Å². The first-order chi connectivity index (χ1) is 14.2. The minimum Gasteiger partial charge on any atom is -0.508 e. The standard InChI is InChI=1S/C23H20ClNO5/c1-23(2,22(29)25-19-12-9-17(26)13-20(19)27)30-18-10-5-15(6-11-18)21(28)14-3-7-16(24)8-4-14/h3-13,26-27H,1-2H3,(H,25,29). The summed E-state index contributed by atoms with van der Waals surface area (Å²) in [6.07, 6.45) is 0. The molecule has 0 aromatic heterocycles. The van der Waals surface area contributed by atoms with Gasteiger partial charge in [0.05, 0.1) is 5.69 Å². The van der Waals surface area contributed by atoms with Crippen LogP contribution in [-0.2, 0) is 4.79 Å². The molecule has 3 aromatic carbocycles. The van der Waals surface area contributed by atoms with E-state index in [0.29, 0.717) is 21.9 Å². The lowest BCUT2D eigenvalue weighted by Gasteiger charge is -2.25. The maximum absolute atomic E-state index is 12.6. The summed E-state index contributed by atoms with van der Waals surface area (Å²) in [7, 11) is 0. The Morgan fingerprint density at radius 1 is 0.900 bits per heavy atom. The molecule has 0 heterocycles. The molecule has 0 aliphatic rings. The van der Waals surface area contributed by atoms with Crippen LogP contribution in [0.5, 0.6) is 17.2 Å². The van der Waals surface area contributed by atoms with Gasteiger partial charge in [0.25, 0.3) is 5.91 Å². The summed E-state index contributed by atoms with van der Waals surface area (Å²) in [6, 6.07) is 16.9. The third kappa shape index (κ3) is 4.90. The largest absolute Gasteiger partial charge is 0.508 e. The number of nitrogens with one attached hydrogen (secondary N) is 1. The lowest BCUT2D eigenvalue weighted by Crippen LogP contribution is -2.42. The summed E-state index contributed by atoms with van der Waals surface area (Å²) in [6.45, 7) is 3.15. The Balaban J connectivity index is 1.69. The number of benzene rings is 3. The maximum atomic E-state index is 12.6. The monoisotopic (exact) mass is 425 g/mol.